The maximum absolute atomic E-state index is 12.2. The van der Waals surface area contributed by atoms with Crippen LogP contribution in [0.3, 0.4) is 0 Å². The number of carbonyl (C=O) groups is 1. The molecule has 1 saturated heterocycles. The molecule has 9 nitrogen and oxygen atoms in total. The van der Waals surface area contributed by atoms with Crippen LogP contribution < -0.4 is 21.3 Å². The molecule has 1 atom stereocenters. The number of aromatic nitrogens is 4. The summed E-state index contributed by atoms with van der Waals surface area (Å²) in [5, 5.41) is 17.6. The second kappa shape index (κ2) is 7.24. The molecule has 3 aromatic rings. The van der Waals surface area contributed by atoms with Crippen molar-refractivity contribution < 1.29 is 4.79 Å². The fourth-order valence-corrected chi connectivity index (χ4v) is 4.13. The van der Waals surface area contributed by atoms with Gasteiger partial charge in [-0.05, 0) is 63.4 Å². The quantitative estimate of drug-likeness (QED) is 0.516. The van der Waals surface area contributed by atoms with E-state index in [0.29, 0.717) is 17.5 Å². The molecule has 0 radical (unpaired) electrons. The number of anilines is 4. The molecule has 0 spiro atoms. The van der Waals surface area contributed by atoms with Gasteiger partial charge >= 0.3 is 0 Å². The van der Waals surface area contributed by atoms with E-state index in [-0.39, 0.29) is 5.91 Å². The van der Waals surface area contributed by atoms with Crippen LogP contribution in [0.4, 0.5) is 23.1 Å². The Hall–Kier alpha value is -3.20. The van der Waals surface area contributed by atoms with Gasteiger partial charge in [-0.3, -0.25) is 4.79 Å². The first-order chi connectivity index (χ1) is 14.5. The normalized spacial score (nSPS) is 20.1. The van der Waals surface area contributed by atoms with Gasteiger partial charge in [-0.15, -0.1) is 5.10 Å². The van der Waals surface area contributed by atoms with Crippen molar-refractivity contribution in [2.45, 2.75) is 32.1 Å². The van der Waals surface area contributed by atoms with Crippen LogP contribution in [0.1, 0.15) is 32.3 Å². The van der Waals surface area contributed by atoms with Crippen LogP contribution in [0.15, 0.2) is 30.6 Å². The van der Waals surface area contributed by atoms with Crippen molar-refractivity contribution in [3.63, 3.8) is 0 Å². The summed E-state index contributed by atoms with van der Waals surface area (Å²) in [6.07, 6.45) is 5.93. The summed E-state index contributed by atoms with van der Waals surface area (Å²) in [7, 11) is 0. The Morgan fingerprint density at radius 1 is 1.33 bits per heavy atom. The molecule has 2 aliphatic heterocycles. The van der Waals surface area contributed by atoms with E-state index >= 15 is 0 Å². The number of nitrogens with one attached hydrogen (secondary N) is 4. The topological polar surface area (TPSA) is 108 Å². The molecule has 2 aromatic heterocycles. The molecule has 2 aliphatic rings. The number of nitrogens with zero attached hydrogens (tertiary/aromatic N) is 4. The number of fused-ring (bicyclic) bond motifs is 2. The number of benzene rings is 1. The van der Waals surface area contributed by atoms with E-state index in [1.807, 2.05) is 32.0 Å². The maximum Gasteiger partial charge on any atom is 0.247 e. The van der Waals surface area contributed by atoms with Crippen LogP contribution in [-0.4, -0.2) is 45.1 Å². The first-order valence-electron chi connectivity index (χ1n) is 10.4. The molecule has 9 heteroatoms. The van der Waals surface area contributed by atoms with Gasteiger partial charge in [0.05, 0.1) is 5.41 Å². The number of hydrogen-bond acceptors (Lipinski definition) is 7. The molecule has 1 aromatic carbocycles. The van der Waals surface area contributed by atoms with E-state index in [0.717, 1.165) is 42.4 Å². The number of carbonyl (C=O) groups excluding carboxylic acids is 1. The van der Waals surface area contributed by atoms with E-state index < -0.39 is 5.41 Å². The van der Waals surface area contributed by atoms with E-state index in [9.17, 15) is 4.79 Å². The minimum absolute atomic E-state index is 0.00969. The number of piperidine rings is 1. The first kappa shape index (κ1) is 18.8. The highest BCUT2D eigenvalue weighted by Gasteiger charge is 2.38. The van der Waals surface area contributed by atoms with Gasteiger partial charge in [-0.2, -0.15) is 4.98 Å². The fourth-order valence-electron chi connectivity index (χ4n) is 4.13. The highest BCUT2D eigenvalue weighted by molar-refractivity contribution is 6.06. The van der Waals surface area contributed by atoms with Gasteiger partial charge in [-0.1, -0.05) is 6.07 Å². The lowest BCUT2D eigenvalue weighted by Gasteiger charge is -2.23. The molecule has 0 aliphatic carbocycles. The Labute approximate surface area is 174 Å². The maximum atomic E-state index is 12.2. The van der Waals surface area contributed by atoms with Crippen LogP contribution >= 0.6 is 0 Å². The Bertz CT molecular complexity index is 1100. The lowest BCUT2D eigenvalue weighted by atomic mass is 9.86. The number of hydrogen-bond donors (Lipinski definition) is 4. The zero-order valence-electron chi connectivity index (χ0n) is 17.2. The van der Waals surface area contributed by atoms with Crippen molar-refractivity contribution in [1.82, 2.24) is 24.9 Å². The number of amides is 1. The summed E-state index contributed by atoms with van der Waals surface area (Å²) in [5.74, 6) is 1.81. The molecule has 5 rings (SSSR count). The van der Waals surface area contributed by atoms with Crippen LogP contribution in [0.5, 0.6) is 0 Å². The third-order valence-corrected chi connectivity index (χ3v) is 5.98. The summed E-state index contributed by atoms with van der Waals surface area (Å²) in [6, 6.07) is 5.83. The SMILES string of the molecule is CC1(C)C(=O)Nc2cc(Nc3nc4c(NCC5CCCNC5)nccn4n3)ccc21. The van der Waals surface area contributed by atoms with E-state index in [1.165, 1.54) is 12.8 Å². The van der Waals surface area contributed by atoms with Crippen molar-refractivity contribution in [2.75, 3.05) is 35.6 Å². The molecular weight excluding hydrogens is 380 g/mol. The zero-order valence-corrected chi connectivity index (χ0v) is 17.2. The van der Waals surface area contributed by atoms with Gasteiger partial charge in [0, 0.05) is 30.3 Å². The van der Waals surface area contributed by atoms with Crippen LogP contribution in [0.25, 0.3) is 5.65 Å². The summed E-state index contributed by atoms with van der Waals surface area (Å²) >= 11 is 0. The van der Waals surface area contributed by atoms with E-state index in [4.69, 9.17) is 0 Å². The van der Waals surface area contributed by atoms with E-state index in [2.05, 4.69) is 36.3 Å². The summed E-state index contributed by atoms with van der Waals surface area (Å²) < 4.78 is 1.72. The average molecular weight is 406 g/mol. The monoisotopic (exact) mass is 406 g/mol. The van der Waals surface area contributed by atoms with Crippen molar-refractivity contribution in [3.05, 3.63) is 36.2 Å². The van der Waals surface area contributed by atoms with E-state index in [1.54, 1.807) is 16.9 Å². The molecule has 1 fully saturated rings. The standard InChI is InChI=1S/C21H26N8O/c1-21(2)15-6-5-14(10-16(15)26-19(21)30)25-20-27-18-17(23-8-9-29(18)28-20)24-12-13-4-3-7-22-11-13/h5-6,8-10,13,22H,3-4,7,11-12H2,1-2H3,(H,23,24)(H,25,28)(H,26,30). The van der Waals surface area contributed by atoms with Gasteiger partial charge in [0.2, 0.25) is 11.9 Å². The smallest absolute Gasteiger partial charge is 0.247 e. The number of rotatable bonds is 5. The van der Waals surface area contributed by atoms with Gasteiger partial charge in [0.15, 0.2) is 11.5 Å². The minimum atomic E-state index is -0.519. The molecule has 30 heavy (non-hydrogen) atoms. The van der Waals surface area contributed by atoms with Gasteiger partial charge in [0.25, 0.3) is 0 Å². The molecule has 156 valence electrons. The molecule has 1 unspecified atom stereocenters. The summed E-state index contributed by atoms with van der Waals surface area (Å²) in [5.41, 5.74) is 2.80. The summed E-state index contributed by atoms with van der Waals surface area (Å²) in [4.78, 5) is 21.3. The second-order valence-electron chi connectivity index (χ2n) is 8.54. The molecule has 0 bridgehead atoms. The predicted molar refractivity (Wildman–Crippen MR) is 116 cm³/mol. The second-order valence-corrected chi connectivity index (χ2v) is 8.54. The van der Waals surface area contributed by atoms with Crippen LogP contribution in [0, 0.1) is 5.92 Å². The predicted octanol–water partition coefficient (Wildman–Crippen LogP) is 2.51. The van der Waals surface area contributed by atoms with Crippen LogP contribution in [0.2, 0.25) is 0 Å². The minimum Gasteiger partial charge on any atom is -0.367 e. The van der Waals surface area contributed by atoms with Crippen molar-refractivity contribution in [2.24, 2.45) is 5.92 Å². The Balaban J connectivity index is 1.35. The summed E-state index contributed by atoms with van der Waals surface area (Å²) in [6.45, 7) is 6.84. The van der Waals surface area contributed by atoms with Crippen molar-refractivity contribution in [1.29, 1.82) is 0 Å². The highest BCUT2D eigenvalue weighted by Crippen LogP contribution is 2.38. The molecule has 4 heterocycles. The first-order valence-corrected chi connectivity index (χ1v) is 10.4. The van der Waals surface area contributed by atoms with Gasteiger partial charge in [0.1, 0.15) is 0 Å². The third-order valence-electron chi connectivity index (χ3n) is 5.98. The molecular formula is C21H26N8O. The lowest BCUT2D eigenvalue weighted by molar-refractivity contribution is -0.119. The molecule has 4 N–H and O–H groups in total. The fraction of sp³-hybridized carbons (Fsp3) is 0.429. The molecule has 0 saturated carbocycles. The lowest BCUT2D eigenvalue weighted by Crippen LogP contribution is -2.33. The third kappa shape index (κ3) is 3.35. The van der Waals surface area contributed by atoms with Crippen molar-refractivity contribution >= 4 is 34.7 Å². The zero-order chi connectivity index (χ0) is 20.7. The van der Waals surface area contributed by atoms with Crippen molar-refractivity contribution in [3.8, 4) is 0 Å². The average Bonchev–Trinajstić information content (AvgIpc) is 3.25. The Morgan fingerprint density at radius 2 is 2.23 bits per heavy atom. The molecule has 1 amide bonds. The Morgan fingerprint density at radius 3 is 3.07 bits per heavy atom. The Kier molecular flexibility index (Phi) is 4.54. The van der Waals surface area contributed by atoms with Gasteiger partial charge in [-0.25, -0.2) is 9.50 Å². The largest absolute Gasteiger partial charge is 0.367 e. The van der Waals surface area contributed by atoms with Crippen LogP contribution in [-0.2, 0) is 10.2 Å². The van der Waals surface area contributed by atoms with Gasteiger partial charge < -0.3 is 21.3 Å². The highest BCUT2D eigenvalue weighted by atomic mass is 16.2.